The topological polar surface area (TPSA) is 61.9 Å². The van der Waals surface area contributed by atoms with Gasteiger partial charge in [0.1, 0.15) is 11.9 Å². The minimum atomic E-state index is -0.719. The van der Waals surface area contributed by atoms with Crippen LogP contribution in [0.15, 0.2) is 66.7 Å². The fourth-order valence-electron chi connectivity index (χ4n) is 5.24. The standard InChI is InChI=1S/C30H36FN3O3/c1-21(16-24-8-11-25-6-4-5-7-26(25)17-24)33-14-15-34(28(19-33)20-37-3)30(36)29(32-22(2)35)18-23-9-12-27(31)13-10-23/h4-13,17,21,28-29H,14-16,18-20H2,1-3H3,(H,32,35). The van der Waals surface area contributed by atoms with E-state index in [0.29, 0.717) is 32.2 Å². The number of rotatable bonds is 9. The number of amides is 2. The molecule has 0 bridgehead atoms. The Kier molecular flexibility index (Phi) is 8.90. The van der Waals surface area contributed by atoms with Crippen molar-refractivity contribution in [2.24, 2.45) is 0 Å². The van der Waals surface area contributed by atoms with E-state index in [9.17, 15) is 14.0 Å². The molecular weight excluding hydrogens is 469 g/mol. The average Bonchev–Trinajstić information content (AvgIpc) is 2.89. The normalized spacial score (nSPS) is 17.9. The SMILES string of the molecule is COCC1CN(C(C)Cc2ccc3ccccc3c2)CCN1C(=O)C(Cc1ccc(F)cc1)NC(C)=O. The number of halogens is 1. The van der Waals surface area contributed by atoms with Crippen molar-refractivity contribution >= 4 is 22.6 Å². The van der Waals surface area contributed by atoms with E-state index in [-0.39, 0.29) is 23.7 Å². The zero-order chi connectivity index (χ0) is 26.4. The van der Waals surface area contributed by atoms with Crippen molar-refractivity contribution in [3.63, 3.8) is 0 Å². The molecule has 3 unspecified atom stereocenters. The molecule has 0 saturated carbocycles. The Balaban J connectivity index is 1.44. The third-order valence-electron chi connectivity index (χ3n) is 7.15. The van der Waals surface area contributed by atoms with Crippen molar-refractivity contribution < 1.29 is 18.7 Å². The fourth-order valence-corrected chi connectivity index (χ4v) is 5.24. The van der Waals surface area contributed by atoms with E-state index >= 15 is 0 Å². The Labute approximate surface area is 218 Å². The molecule has 6 nitrogen and oxygen atoms in total. The molecule has 0 spiro atoms. The van der Waals surface area contributed by atoms with Gasteiger partial charge in [-0.1, -0.05) is 54.6 Å². The summed E-state index contributed by atoms with van der Waals surface area (Å²) in [4.78, 5) is 29.8. The van der Waals surface area contributed by atoms with Crippen LogP contribution < -0.4 is 5.32 Å². The lowest BCUT2D eigenvalue weighted by molar-refractivity contribution is -0.142. The van der Waals surface area contributed by atoms with Crippen LogP contribution in [0.4, 0.5) is 4.39 Å². The Hall–Kier alpha value is -3.29. The first kappa shape index (κ1) is 26.8. The van der Waals surface area contributed by atoms with Crippen molar-refractivity contribution in [1.29, 1.82) is 0 Å². The van der Waals surface area contributed by atoms with E-state index < -0.39 is 6.04 Å². The van der Waals surface area contributed by atoms with Crippen LogP contribution in [0, 0.1) is 5.82 Å². The number of fused-ring (bicyclic) bond motifs is 1. The molecule has 1 saturated heterocycles. The smallest absolute Gasteiger partial charge is 0.245 e. The molecule has 1 aliphatic rings. The molecular formula is C30H36FN3O3. The zero-order valence-electron chi connectivity index (χ0n) is 21.8. The lowest BCUT2D eigenvalue weighted by atomic mass is 9.99. The van der Waals surface area contributed by atoms with Crippen LogP contribution in [0.2, 0.25) is 0 Å². The number of nitrogens with one attached hydrogen (secondary N) is 1. The van der Waals surface area contributed by atoms with Crippen molar-refractivity contribution in [3.05, 3.63) is 83.7 Å². The predicted octanol–water partition coefficient (Wildman–Crippen LogP) is 3.82. The van der Waals surface area contributed by atoms with Gasteiger partial charge in [0.05, 0.1) is 12.6 Å². The molecule has 0 radical (unpaired) electrons. The molecule has 196 valence electrons. The molecule has 1 heterocycles. The summed E-state index contributed by atoms with van der Waals surface area (Å²) in [6.07, 6.45) is 1.22. The number of hydrogen-bond acceptors (Lipinski definition) is 4. The van der Waals surface area contributed by atoms with E-state index in [1.165, 1.54) is 35.4 Å². The molecule has 1 N–H and O–H groups in total. The van der Waals surface area contributed by atoms with Gasteiger partial charge in [-0.05, 0) is 47.4 Å². The van der Waals surface area contributed by atoms with Crippen molar-refractivity contribution in [2.75, 3.05) is 33.4 Å². The van der Waals surface area contributed by atoms with Gasteiger partial charge in [-0.2, -0.15) is 0 Å². The minimum Gasteiger partial charge on any atom is -0.382 e. The summed E-state index contributed by atoms with van der Waals surface area (Å²) >= 11 is 0. The fraction of sp³-hybridized carbons (Fsp3) is 0.400. The summed E-state index contributed by atoms with van der Waals surface area (Å²) < 4.78 is 18.9. The van der Waals surface area contributed by atoms with Crippen LogP contribution in [0.3, 0.4) is 0 Å². The zero-order valence-corrected chi connectivity index (χ0v) is 21.8. The van der Waals surface area contributed by atoms with Crippen molar-refractivity contribution in [2.45, 2.75) is 44.8 Å². The summed E-state index contributed by atoms with van der Waals surface area (Å²) in [5.74, 6) is -0.741. The highest BCUT2D eigenvalue weighted by atomic mass is 19.1. The summed E-state index contributed by atoms with van der Waals surface area (Å²) in [5, 5.41) is 5.28. The van der Waals surface area contributed by atoms with Crippen LogP contribution >= 0.6 is 0 Å². The molecule has 7 heteroatoms. The second-order valence-corrected chi connectivity index (χ2v) is 9.95. The van der Waals surface area contributed by atoms with Gasteiger partial charge in [0.25, 0.3) is 0 Å². The van der Waals surface area contributed by atoms with Gasteiger partial charge in [0, 0.05) is 46.1 Å². The monoisotopic (exact) mass is 505 g/mol. The van der Waals surface area contributed by atoms with Crippen LogP contribution in [0.1, 0.15) is 25.0 Å². The molecule has 3 atom stereocenters. The van der Waals surface area contributed by atoms with Crippen LogP contribution in [-0.4, -0.2) is 73.1 Å². The van der Waals surface area contributed by atoms with Crippen LogP contribution in [0.5, 0.6) is 0 Å². The Morgan fingerprint density at radius 3 is 2.41 bits per heavy atom. The first-order valence-corrected chi connectivity index (χ1v) is 12.9. The molecule has 3 aromatic rings. The van der Waals surface area contributed by atoms with Crippen LogP contribution in [0.25, 0.3) is 10.8 Å². The summed E-state index contributed by atoms with van der Waals surface area (Å²) in [6, 6.07) is 20.5. The number of hydrogen-bond donors (Lipinski definition) is 1. The maximum absolute atomic E-state index is 13.6. The van der Waals surface area contributed by atoms with E-state index in [0.717, 1.165) is 18.5 Å². The predicted molar refractivity (Wildman–Crippen MR) is 144 cm³/mol. The lowest BCUT2D eigenvalue weighted by Gasteiger charge is -2.44. The molecule has 2 amide bonds. The number of ether oxygens (including phenoxy) is 1. The van der Waals surface area contributed by atoms with Crippen LogP contribution in [-0.2, 0) is 27.2 Å². The number of carbonyl (C=O) groups is 2. The molecule has 0 aromatic heterocycles. The summed E-state index contributed by atoms with van der Waals surface area (Å²) in [5.41, 5.74) is 2.08. The van der Waals surface area contributed by atoms with Gasteiger partial charge < -0.3 is 15.0 Å². The molecule has 1 aliphatic heterocycles. The molecule has 4 rings (SSSR count). The molecule has 3 aromatic carbocycles. The van der Waals surface area contributed by atoms with Crippen molar-refractivity contribution in [3.8, 4) is 0 Å². The average molecular weight is 506 g/mol. The highest BCUT2D eigenvalue weighted by molar-refractivity contribution is 5.87. The number of benzene rings is 3. The lowest BCUT2D eigenvalue weighted by Crippen LogP contribution is -2.62. The Morgan fingerprint density at radius 1 is 1.00 bits per heavy atom. The van der Waals surface area contributed by atoms with E-state index in [1.807, 2.05) is 4.90 Å². The maximum atomic E-state index is 13.6. The van der Waals surface area contributed by atoms with Gasteiger partial charge >= 0.3 is 0 Å². The van der Waals surface area contributed by atoms with E-state index in [2.05, 4.69) is 59.6 Å². The van der Waals surface area contributed by atoms with Gasteiger partial charge in [-0.3, -0.25) is 14.5 Å². The highest BCUT2D eigenvalue weighted by Gasteiger charge is 2.35. The van der Waals surface area contributed by atoms with Gasteiger partial charge in [-0.15, -0.1) is 0 Å². The Morgan fingerprint density at radius 2 is 1.70 bits per heavy atom. The quantitative estimate of drug-likeness (QED) is 0.480. The number of carbonyl (C=O) groups excluding carboxylic acids is 2. The first-order valence-electron chi connectivity index (χ1n) is 12.9. The van der Waals surface area contributed by atoms with Crippen molar-refractivity contribution in [1.82, 2.24) is 15.1 Å². The number of methoxy groups -OCH3 is 1. The number of piperazine rings is 1. The van der Waals surface area contributed by atoms with Gasteiger partial charge in [-0.25, -0.2) is 4.39 Å². The van der Waals surface area contributed by atoms with E-state index in [4.69, 9.17) is 4.74 Å². The minimum absolute atomic E-state index is 0.130. The second kappa shape index (κ2) is 12.3. The molecule has 37 heavy (non-hydrogen) atoms. The maximum Gasteiger partial charge on any atom is 0.245 e. The third kappa shape index (κ3) is 6.93. The highest BCUT2D eigenvalue weighted by Crippen LogP contribution is 2.21. The largest absolute Gasteiger partial charge is 0.382 e. The summed E-state index contributed by atoms with van der Waals surface area (Å²) in [7, 11) is 1.64. The van der Waals surface area contributed by atoms with Gasteiger partial charge in [0.15, 0.2) is 0 Å². The first-order chi connectivity index (χ1) is 17.8. The van der Waals surface area contributed by atoms with E-state index in [1.54, 1.807) is 19.2 Å². The second-order valence-electron chi connectivity index (χ2n) is 9.95. The summed E-state index contributed by atoms with van der Waals surface area (Å²) in [6.45, 7) is 6.03. The number of nitrogens with zero attached hydrogens (tertiary/aromatic N) is 2. The third-order valence-corrected chi connectivity index (χ3v) is 7.15. The molecule has 1 fully saturated rings. The molecule has 0 aliphatic carbocycles. The Bertz CT molecular complexity index is 1220. The van der Waals surface area contributed by atoms with Gasteiger partial charge in [0.2, 0.25) is 11.8 Å².